The van der Waals surface area contributed by atoms with Gasteiger partial charge in [0.2, 0.25) is 0 Å². The molecule has 1 aromatic carbocycles. The third kappa shape index (κ3) is 2.01. The average molecular weight is 293 g/mol. The van der Waals surface area contributed by atoms with Crippen molar-refractivity contribution in [3.63, 3.8) is 0 Å². The van der Waals surface area contributed by atoms with E-state index < -0.39 is 5.97 Å². The van der Waals surface area contributed by atoms with E-state index in [0.29, 0.717) is 17.6 Å². The standard InChI is InChI=1S/C17H15N3O2/c1-10-12(7-8-16(21)22)11(2)20-15-6-4-3-5-14(15)19-17(20)13(10)9-18/h3-6H,7-8H2,1-2H3,(H,21,22). The number of pyridine rings is 1. The highest BCUT2D eigenvalue weighted by atomic mass is 16.4. The molecule has 0 saturated heterocycles. The lowest BCUT2D eigenvalue weighted by atomic mass is 9.98. The fourth-order valence-corrected chi connectivity index (χ4v) is 2.99. The van der Waals surface area contributed by atoms with Gasteiger partial charge in [-0.3, -0.25) is 9.20 Å². The van der Waals surface area contributed by atoms with E-state index in [1.807, 2.05) is 42.5 Å². The molecule has 0 aliphatic rings. The van der Waals surface area contributed by atoms with E-state index in [2.05, 4.69) is 11.1 Å². The van der Waals surface area contributed by atoms with Gasteiger partial charge in [-0.25, -0.2) is 4.98 Å². The average Bonchev–Trinajstić information content (AvgIpc) is 2.86. The SMILES string of the molecule is Cc1c(CCC(=O)O)c(C)n2c(nc3ccccc32)c1C#N. The lowest BCUT2D eigenvalue weighted by molar-refractivity contribution is -0.136. The Hall–Kier alpha value is -2.87. The summed E-state index contributed by atoms with van der Waals surface area (Å²) in [5, 5.41) is 18.5. The van der Waals surface area contributed by atoms with Gasteiger partial charge in [0.15, 0.2) is 5.65 Å². The lowest BCUT2D eigenvalue weighted by Gasteiger charge is -2.14. The van der Waals surface area contributed by atoms with Gasteiger partial charge in [0.05, 0.1) is 16.6 Å². The summed E-state index contributed by atoms with van der Waals surface area (Å²) in [6.45, 7) is 3.81. The number of aliphatic carboxylic acids is 1. The van der Waals surface area contributed by atoms with Gasteiger partial charge < -0.3 is 5.11 Å². The van der Waals surface area contributed by atoms with Gasteiger partial charge in [-0.15, -0.1) is 0 Å². The molecule has 110 valence electrons. The van der Waals surface area contributed by atoms with Crippen molar-refractivity contribution in [2.24, 2.45) is 0 Å². The van der Waals surface area contributed by atoms with Crippen LogP contribution in [0.25, 0.3) is 16.7 Å². The van der Waals surface area contributed by atoms with Crippen molar-refractivity contribution in [1.29, 1.82) is 5.26 Å². The second-order valence-corrected chi connectivity index (χ2v) is 5.33. The summed E-state index contributed by atoms with van der Waals surface area (Å²) in [7, 11) is 0. The Morgan fingerprint density at radius 3 is 2.77 bits per heavy atom. The van der Waals surface area contributed by atoms with Crippen LogP contribution in [0.1, 0.15) is 28.8 Å². The third-order valence-corrected chi connectivity index (χ3v) is 4.08. The number of carboxylic acid groups (broad SMARTS) is 1. The highest BCUT2D eigenvalue weighted by molar-refractivity contribution is 5.83. The molecule has 0 saturated carbocycles. The van der Waals surface area contributed by atoms with Crippen LogP contribution in [0.5, 0.6) is 0 Å². The number of carboxylic acids is 1. The number of aromatic nitrogens is 2. The van der Waals surface area contributed by atoms with Crippen LogP contribution in [-0.2, 0) is 11.2 Å². The molecule has 0 unspecified atom stereocenters. The van der Waals surface area contributed by atoms with E-state index in [1.54, 1.807) is 0 Å². The van der Waals surface area contributed by atoms with Crippen LogP contribution in [0.15, 0.2) is 24.3 Å². The number of hydrogen-bond acceptors (Lipinski definition) is 3. The van der Waals surface area contributed by atoms with E-state index >= 15 is 0 Å². The Balaban J connectivity index is 2.40. The van der Waals surface area contributed by atoms with Gasteiger partial charge in [-0.2, -0.15) is 5.26 Å². The third-order valence-electron chi connectivity index (χ3n) is 4.08. The normalized spacial score (nSPS) is 11.0. The molecule has 0 amide bonds. The minimum Gasteiger partial charge on any atom is -0.481 e. The molecule has 0 radical (unpaired) electrons. The van der Waals surface area contributed by atoms with Crippen molar-refractivity contribution in [3.8, 4) is 6.07 Å². The summed E-state index contributed by atoms with van der Waals surface area (Å²) >= 11 is 0. The molecular weight excluding hydrogens is 278 g/mol. The molecule has 0 aliphatic carbocycles. The zero-order valence-corrected chi connectivity index (χ0v) is 12.4. The molecule has 5 heteroatoms. The molecule has 3 rings (SSSR count). The summed E-state index contributed by atoms with van der Waals surface area (Å²) < 4.78 is 1.96. The lowest BCUT2D eigenvalue weighted by Crippen LogP contribution is -2.07. The van der Waals surface area contributed by atoms with Crippen LogP contribution in [-0.4, -0.2) is 20.5 Å². The molecule has 1 N–H and O–H groups in total. The number of nitriles is 1. The first kappa shape index (κ1) is 14.1. The molecule has 5 nitrogen and oxygen atoms in total. The number of aryl methyl sites for hydroxylation is 1. The molecule has 0 bridgehead atoms. The van der Waals surface area contributed by atoms with E-state index in [0.717, 1.165) is 27.9 Å². The van der Waals surface area contributed by atoms with Crippen LogP contribution in [0.3, 0.4) is 0 Å². The van der Waals surface area contributed by atoms with E-state index in [1.165, 1.54) is 0 Å². The van der Waals surface area contributed by atoms with E-state index in [9.17, 15) is 10.1 Å². The zero-order chi connectivity index (χ0) is 15.9. The molecule has 22 heavy (non-hydrogen) atoms. The summed E-state index contributed by atoms with van der Waals surface area (Å²) in [6, 6.07) is 9.93. The summed E-state index contributed by atoms with van der Waals surface area (Å²) in [5.41, 5.74) is 5.60. The Labute approximate surface area is 127 Å². The van der Waals surface area contributed by atoms with Crippen LogP contribution in [0, 0.1) is 25.2 Å². The first-order chi connectivity index (χ1) is 10.5. The second kappa shape index (κ2) is 5.15. The van der Waals surface area contributed by atoms with Crippen LogP contribution in [0.2, 0.25) is 0 Å². The van der Waals surface area contributed by atoms with Crippen molar-refractivity contribution in [1.82, 2.24) is 9.38 Å². The second-order valence-electron chi connectivity index (χ2n) is 5.33. The summed E-state index contributed by atoms with van der Waals surface area (Å²) in [4.78, 5) is 15.5. The van der Waals surface area contributed by atoms with E-state index in [-0.39, 0.29) is 6.42 Å². The highest BCUT2D eigenvalue weighted by Crippen LogP contribution is 2.27. The van der Waals surface area contributed by atoms with Crippen molar-refractivity contribution in [2.75, 3.05) is 0 Å². The van der Waals surface area contributed by atoms with Gasteiger partial charge in [0.1, 0.15) is 6.07 Å². The Morgan fingerprint density at radius 2 is 2.09 bits per heavy atom. The van der Waals surface area contributed by atoms with Crippen LogP contribution >= 0.6 is 0 Å². The number of rotatable bonds is 3. The Bertz CT molecular complexity index is 948. The van der Waals surface area contributed by atoms with Gasteiger partial charge in [-0.05, 0) is 43.5 Å². The highest BCUT2D eigenvalue weighted by Gasteiger charge is 2.18. The molecule has 0 fully saturated rings. The monoisotopic (exact) mass is 293 g/mol. The van der Waals surface area contributed by atoms with Crippen molar-refractivity contribution < 1.29 is 9.90 Å². The summed E-state index contributed by atoms with van der Waals surface area (Å²) in [5.74, 6) is -0.840. The van der Waals surface area contributed by atoms with Crippen molar-refractivity contribution in [2.45, 2.75) is 26.7 Å². The fourth-order valence-electron chi connectivity index (χ4n) is 2.99. The minimum atomic E-state index is -0.840. The molecule has 0 atom stereocenters. The number of fused-ring (bicyclic) bond motifs is 3. The molecule has 3 aromatic rings. The largest absolute Gasteiger partial charge is 0.481 e. The quantitative estimate of drug-likeness (QED) is 0.805. The fraction of sp³-hybridized carbons (Fsp3) is 0.235. The van der Waals surface area contributed by atoms with Gasteiger partial charge >= 0.3 is 5.97 Å². The summed E-state index contributed by atoms with van der Waals surface area (Å²) in [6.07, 6.45) is 0.453. The van der Waals surface area contributed by atoms with Crippen molar-refractivity contribution >= 4 is 22.6 Å². The predicted molar refractivity (Wildman–Crippen MR) is 82.8 cm³/mol. The molecule has 2 heterocycles. The first-order valence-corrected chi connectivity index (χ1v) is 7.05. The number of hydrogen-bond donors (Lipinski definition) is 1. The molecule has 0 spiro atoms. The first-order valence-electron chi connectivity index (χ1n) is 7.05. The maximum absolute atomic E-state index is 10.9. The Kier molecular flexibility index (Phi) is 3.30. The molecular formula is C17H15N3O2. The van der Waals surface area contributed by atoms with E-state index in [4.69, 9.17) is 5.11 Å². The van der Waals surface area contributed by atoms with Gasteiger partial charge in [-0.1, -0.05) is 12.1 Å². The smallest absolute Gasteiger partial charge is 0.303 e. The van der Waals surface area contributed by atoms with Gasteiger partial charge in [0.25, 0.3) is 0 Å². The van der Waals surface area contributed by atoms with Crippen LogP contribution < -0.4 is 0 Å². The number of imidazole rings is 1. The number of benzene rings is 1. The molecule has 2 aromatic heterocycles. The molecule has 0 aliphatic heterocycles. The predicted octanol–water partition coefficient (Wildman–Crippen LogP) is 2.99. The maximum atomic E-state index is 10.9. The Morgan fingerprint density at radius 1 is 1.36 bits per heavy atom. The topological polar surface area (TPSA) is 78.4 Å². The van der Waals surface area contributed by atoms with Crippen LogP contribution in [0.4, 0.5) is 0 Å². The number of carbonyl (C=O) groups is 1. The number of nitrogens with zero attached hydrogens (tertiary/aromatic N) is 3. The zero-order valence-electron chi connectivity index (χ0n) is 12.4. The maximum Gasteiger partial charge on any atom is 0.303 e. The number of para-hydroxylation sites is 2. The minimum absolute atomic E-state index is 0.0463. The van der Waals surface area contributed by atoms with Crippen molar-refractivity contribution in [3.05, 3.63) is 46.6 Å². The van der Waals surface area contributed by atoms with Gasteiger partial charge in [0, 0.05) is 12.1 Å².